The van der Waals surface area contributed by atoms with Gasteiger partial charge in [-0.2, -0.15) is 0 Å². The normalized spacial score (nSPS) is 26.2. The molecule has 1 aliphatic heterocycles. The molecule has 1 heterocycles. The Labute approximate surface area is 104 Å². The van der Waals surface area contributed by atoms with Gasteiger partial charge in [0.05, 0.1) is 6.54 Å². The molecular weight excluding hydrogens is 216 g/mol. The van der Waals surface area contributed by atoms with E-state index in [1.165, 1.54) is 0 Å². The van der Waals surface area contributed by atoms with Crippen LogP contribution in [-0.4, -0.2) is 48.7 Å². The summed E-state index contributed by atoms with van der Waals surface area (Å²) < 4.78 is 0. The van der Waals surface area contributed by atoms with Gasteiger partial charge >= 0.3 is 0 Å². The number of hydrogen-bond donors (Lipinski definition) is 2. The predicted molar refractivity (Wildman–Crippen MR) is 68.7 cm³/mol. The second-order valence-corrected chi connectivity index (χ2v) is 5.98. The number of piperidine rings is 1. The zero-order chi connectivity index (χ0) is 12.9. The van der Waals surface area contributed by atoms with Gasteiger partial charge in [0.2, 0.25) is 5.91 Å². The van der Waals surface area contributed by atoms with Crippen molar-refractivity contribution in [3.63, 3.8) is 0 Å². The predicted octanol–water partition coefficient (Wildman–Crippen LogP) is 0.853. The van der Waals surface area contributed by atoms with E-state index >= 15 is 0 Å². The lowest BCUT2D eigenvalue weighted by Crippen LogP contribution is -2.47. The van der Waals surface area contributed by atoms with Crippen LogP contribution in [0, 0.1) is 11.3 Å². The number of rotatable bonds is 5. The van der Waals surface area contributed by atoms with E-state index in [-0.39, 0.29) is 17.9 Å². The molecule has 0 spiro atoms. The first-order chi connectivity index (χ1) is 7.95. The standard InChI is InChI=1S/C13H26N2O2/c1-11(2)7-14-12(17)8-15-6-4-5-13(3,9-15)10-16/h11,16H,4-10H2,1-3H3,(H,14,17)/t13-/m1/s1. The summed E-state index contributed by atoms with van der Waals surface area (Å²) in [5, 5.41) is 12.3. The van der Waals surface area contributed by atoms with Gasteiger partial charge in [-0.3, -0.25) is 9.69 Å². The molecule has 0 aromatic heterocycles. The van der Waals surface area contributed by atoms with Crippen LogP contribution in [0.15, 0.2) is 0 Å². The van der Waals surface area contributed by atoms with Crippen LogP contribution in [-0.2, 0) is 4.79 Å². The van der Waals surface area contributed by atoms with E-state index in [1.54, 1.807) is 0 Å². The van der Waals surface area contributed by atoms with Gasteiger partial charge in [0, 0.05) is 25.1 Å². The van der Waals surface area contributed by atoms with E-state index < -0.39 is 0 Å². The van der Waals surface area contributed by atoms with Crippen molar-refractivity contribution in [2.45, 2.75) is 33.6 Å². The minimum absolute atomic E-state index is 0.0312. The molecule has 0 aromatic rings. The van der Waals surface area contributed by atoms with Crippen LogP contribution in [0.25, 0.3) is 0 Å². The van der Waals surface area contributed by atoms with Gasteiger partial charge in [-0.15, -0.1) is 0 Å². The van der Waals surface area contributed by atoms with Crippen molar-refractivity contribution in [3.8, 4) is 0 Å². The molecule has 1 rings (SSSR count). The Balaban J connectivity index is 2.33. The molecule has 4 heteroatoms. The second-order valence-electron chi connectivity index (χ2n) is 5.98. The number of nitrogens with one attached hydrogen (secondary N) is 1. The van der Waals surface area contributed by atoms with Crippen LogP contribution in [0.1, 0.15) is 33.6 Å². The number of nitrogens with zero attached hydrogens (tertiary/aromatic N) is 1. The smallest absolute Gasteiger partial charge is 0.234 e. The first kappa shape index (κ1) is 14.5. The number of carbonyl (C=O) groups excluding carboxylic acids is 1. The van der Waals surface area contributed by atoms with E-state index in [9.17, 15) is 9.90 Å². The van der Waals surface area contributed by atoms with Gasteiger partial charge in [0.25, 0.3) is 0 Å². The summed E-state index contributed by atoms with van der Waals surface area (Å²) >= 11 is 0. The third-order valence-electron chi connectivity index (χ3n) is 3.32. The Morgan fingerprint density at radius 2 is 2.24 bits per heavy atom. The van der Waals surface area contributed by atoms with E-state index in [4.69, 9.17) is 0 Å². The summed E-state index contributed by atoms with van der Waals surface area (Å²) in [5.41, 5.74) is -0.0312. The third-order valence-corrected chi connectivity index (χ3v) is 3.32. The topological polar surface area (TPSA) is 52.6 Å². The van der Waals surface area contributed by atoms with Crippen LogP contribution in [0.2, 0.25) is 0 Å². The Hall–Kier alpha value is -0.610. The number of hydrogen-bond acceptors (Lipinski definition) is 3. The highest BCUT2D eigenvalue weighted by Crippen LogP contribution is 2.28. The zero-order valence-electron chi connectivity index (χ0n) is 11.3. The van der Waals surface area contributed by atoms with Crippen molar-refractivity contribution in [3.05, 3.63) is 0 Å². The maximum absolute atomic E-state index is 11.7. The van der Waals surface area contributed by atoms with Gasteiger partial charge in [0.1, 0.15) is 0 Å². The van der Waals surface area contributed by atoms with E-state index in [2.05, 4.69) is 31.0 Å². The number of carbonyl (C=O) groups is 1. The second kappa shape index (κ2) is 6.36. The van der Waals surface area contributed by atoms with Crippen LogP contribution in [0.4, 0.5) is 0 Å². The van der Waals surface area contributed by atoms with Crippen molar-refractivity contribution in [1.82, 2.24) is 10.2 Å². The Morgan fingerprint density at radius 3 is 2.82 bits per heavy atom. The van der Waals surface area contributed by atoms with Gasteiger partial charge in [-0.05, 0) is 25.3 Å². The maximum Gasteiger partial charge on any atom is 0.234 e. The molecule has 17 heavy (non-hydrogen) atoms. The minimum Gasteiger partial charge on any atom is -0.396 e. The molecule has 0 bridgehead atoms. The number of aliphatic hydroxyl groups excluding tert-OH is 1. The molecule has 0 radical (unpaired) electrons. The molecule has 100 valence electrons. The molecule has 1 fully saturated rings. The van der Waals surface area contributed by atoms with Crippen LogP contribution >= 0.6 is 0 Å². The molecule has 1 atom stereocenters. The van der Waals surface area contributed by atoms with Crippen LogP contribution < -0.4 is 5.32 Å². The number of aliphatic hydroxyl groups is 1. The fourth-order valence-corrected chi connectivity index (χ4v) is 2.27. The highest BCUT2D eigenvalue weighted by molar-refractivity contribution is 5.78. The molecule has 1 saturated heterocycles. The highest BCUT2D eigenvalue weighted by atomic mass is 16.3. The highest BCUT2D eigenvalue weighted by Gasteiger charge is 2.30. The quantitative estimate of drug-likeness (QED) is 0.751. The zero-order valence-corrected chi connectivity index (χ0v) is 11.3. The largest absolute Gasteiger partial charge is 0.396 e. The Bertz CT molecular complexity index is 256. The molecule has 1 amide bonds. The number of likely N-dealkylation sites (tertiary alicyclic amines) is 1. The third kappa shape index (κ3) is 5.04. The molecule has 0 aromatic carbocycles. The summed E-state index contributed by atoms with van der Waals surface area (Å²) in [6.07, 6.45) is 2.11. The molecule has 4 nitrogen and oxygen atoms in total. The van der Waals surface area contributed by atoms with Crippen molar-refractivity contribution in [2.75, 3.05) is 32.8 Å². The monoisotopic (exact) mass is 242 g/mol. The fraction of sp³-hybridized carbons (Fsp3) is 0.923. The SMILES string of the molecule is CC(C)CNC(=O)CN1CCC[C@@](C)(CO)C1. The van der Waals surface area contributed by atoms with E-state index in [1.807, 2.05) is 0 Å². The molecule has 2 N–H and O–H groups in total. The van der Waals surface area contributed by atoms with Crippen LogP contribution in [0.5, 0.6) is 0 Å². The van der Waals surface area contributed by atoms with Crippen molar-refractivity contribution in [2.24, 2.45) is 11.3 Å². The fourth-order valence-electron chi connectivity index (χ4n) is 2.27. The lowest BCUT2D eigenvalue weighted by molar-refractivity contribution is -0.123. The lowest BCUT2D eigenvalue weighted by atomic mass is 9.83. The van der Waals surface area contributed by atoms with Gasteiger partial charge in [-0.25, -0.2) is 0 Å². The summed E-state index contributed by atoms with van der Waals surface area (Å²) in [5.74, 6) is 0.587. The summed E-state index contributed by atoms with van der Waals surface area (Å²) in [4.78, 5) is 13.8. The Kier molecular flexibility index (Phi) is 5.40. The minimum atomic E-state index is -0.0312. The van der Waals surface area contributed by atoms with Crippen molar-refractivity contribution in [1.29, 1.82) is 0 Å². The summed E-state index contributed by atoms with van der Waals surface area (Å²) in [6.45, 7) is 9.45. The average molecular weight is 242 g/mol. The average Bonchev–Trinajstić information content (AvgIpc) is 2.26. The first-order valence-electron chi connectivity index (χ1n) is 6.55. The summed E-state index contributed by atoms with van der Waals surface area (Å²) in [6, 6.07) is 0. The molecular formula is C13H26N2O2. The molecule has 1 aliphatic rings. The Morgan fingerprint density at radius 1 is 1.53 bits per heavy atom. The van der Waals surface area contributed by atoms with Crippen LogP contribution in [0.3, 0.4) is 0 Å². The van der Waals surface area contributed by atoms with Crippen molar-refractivity contribution >= 4 is 5.91 Å². The first-order valence-corrected chi connectivity index (χ1v) is 6.55. The summed E-state index contributed by atoms with van der Waals surface area (Å²) in [7, 11) is 0. The van der Waals surface area contributed by atoms with E-state index in [0.29, 0.717) is 12.5 Å². The molecule has 0 unspecified atom stereocenters. The van der Waals surface area contributed by atoms with E-state index in [0.717, 1.165) is 32.5 Å². The van der Waals surface area contributed by atoms with Gasteiger partial charge < -0.3 is 10.4 Å². The van der Waals surface area contributed by atoms with Crippen molar-refractivity contribution < 1.29 is 9.90 Å². The van der Waals surface area contributed by atoms with Gasteiger partial charge in [0.15, 0.2) is 0 Å². The molecule has 0 saturated carbocycles. The maximum atomic E-state index is 11.7. The number of amides is 1. The lowest BCUT2D eigenvalue weighted by Gasteiger charge is -2.38. The van der Waals surface area contributed by atoms with Gasteiger partial charge in [-0.1, -0.05) is 20.8 Å². The molecule has 0 aliphatic carbocycles.